The van der Waals surface area contributed by atoms with Gasteiger partial charge in [-0.3, -0.25) is 0 Å². The summed E-state index contributed by atoms with van der Waals surface area (Å²) in [7, 11) is 0. The standard InChI is InChI=1S/C16H26ClNS/c1-2-11-18-12-10-16(7-3-4-8-16)9-5-15-14(17)6-13-19-15/h6,13,18H,2-5,7-12H2,1H3. The normalized spacial score (nSPS) is 18.0. The van der Waals surface area contributed by atoms with Gasteiger partial charge >= 0.3 is 0 Å². The second kappa shape index (κ2) is 7.66. The Hall–Kier alpha value is -0.0500. The first-order valence-electron chi connectivity index (χ1n) is 7.68. The van der Waals surface area contributed by atoms with Gasteiger partial charge in [-0.05, 0) is 68.5 Å². The third-order valence-corrected chi connectivity index (χ3v) is 5.94. The molecule has 0 saturated heterocycles. The first-order valence-corrected chi connectivity index (χ1v) is 8.94. The Kier molecular flexibility index (Phi) is 6.18. The number of thiophene rings is 1. The van der Waals surface area contributed by atoms with E-state index in [0.29, 0.717) is 5.41 Å². The summed E-state index contributed by atoms with van der Waals surface area (Å²) in [6, 6.07) is 2.03. The van der Waals surface area contributed by atoms with E-state index in [0.717, 1.165) is 11.6 Å². The summed E-state index contributed by atoms with van der Waals surface area (Å²) in [6.07, 6.45) is 10.8. The van der Waals surface area contributed by atoms with Crippen molar-refractivity contribution in [2.24, 2.45) is 5.41 Å². The van der Waals surface area contributed by atoms with Gasteiger partial charge in [0, 0.05) is 4.88 Å². The molecule has 1 N–H and O–H groups in total. The first-order chi connectivity index (χ1) is 9.26. The Morgan fingerprint density at radius 1 is 1.26 bits per heavy atom. The van der Waals surface area contributed by atoms with Crippen LogP contribution in [0.25, 0.3) is 0 Å². The smallest absolute Gasteiger partial charge is 0.0544 e. The number of halogens is 1. The molecule has 0 bridgehead atoms. The Bertz CT molecular complexity index is 369. The van der Waals surface area contributed by atoms with Crippen LogP contribution in [0.2, 0.25) is 5.02 Å². The lowest BCUT2D eigenvalue weighted by Crippen LogP contribution is -2.25. The van der Waals surface area contributed by atoms with E-state index in [1.54, 1.807) is 0 Å². The highest BCUT2D eigenvalue weighted by Gasteiger charge is 2.32. The monoisotopic (exact) mass is 299 g/mol. The molecule has 1 fully saturated rings. The predicted octanol–water partition coefficient (Wildman–Crippen LogP) is 5.28. The summed E-state index contributed by atoms with van der Waals surface area (Å²) < 4.78 is 0. The largest absolute Gasteiger partial charge is 0.317 e. The van der Waals surface area contributed by atoms with Gasteiger partial charge < -0.3 is 5.32 Å². The van der Waals surface area contributed by atoms with Crippen LogP contribution in [-0.2, 0) is 6.42 Å². The quantitative estimate of drug-likeness (QED) is 0.644. The number of hydrogen-bond donors (Lipinski definition) is 1. The number of rotatable bonds is 8. The van der Waals surface area contributed by atoms with E-state index < -0.39 is 0 Å². The molecule has 1 aliphatic rings. The van der Waals surface area contributed by atoms with Gasteiger partial charge in [-0.25, -0.2) is 0 Å². The van der Waals surface area contributed by atoms with Crippen molar-refractivity contribution in [3.05, 3.63) is 21.3 Å². The molecule has 0 aliphatic heterocycles. The van der Waals surface area contributed by atoms with E-state index in [9.17, 15) is 0 Å². The lowest BCUT2D eigenvalue weighted by molar-refractivity contribution is 0.246. The van der Waals surface area contributed by atoms with E-state index in [1.165, 1.54) is 62.8 Å². The van der Waals surface area contributed by atoms with Gasteiger partial charge in [0.15, 0.2) is 0 Å². The maximum Gasteiger partial charge on any atom is 0.0544 e. The van der Waals surface area contributed by atoms with E-state index in [1.807, 2.05) is 17.4 Å². The summed E-state index contributed by atoms with van der Waals surface area (Å²) in [5, 5.41) is 6.66. The van der Waals surface area contributed by atoms with Crippen LogP contribution in [0.15, 0.2) is 11.4 Å². The van der Waals surface area contributed by atoms with E-state index in [-0.39, 0.29) is 0 Å². The van der Waals surface area contributed by atoms with Gasteiger partial charge in [0.05, 0.1) is 5.02 Å². The van der Waals surface area contributed by atoms with Crippen LogP contribution in [0.5, 0.6) is 0 Å². The lowest BCUT2D eigenvalue weighted by atomic mass is 9.78. The van der Waals surface area contributed by atoms with Crippen LogP contribution in [0.3, 0.4) is 0 Å². The Morgan fingerprint density at radius 2 is 2.05 bits per heavy atom. The molecule has 1 aromatic rings. The maximum absolute atomic E-state index is 6.21. The van der Waals surface area contributed by atoms with Crippen molar-refractivity contribution in [3.8, 4) is 0 Å². The molecule has 0 atom stereocenters. The van der Waals surface area contributed by atoms with Gasteiger partial charge in [-0.15, -0.1) is 11.3 Å². The molecular weight excluding hydrogens is 274 g/mol. The average molecular weight is 300 g/mol. The first kappa shape index (κ1) is 15.3. The molecule has 0 amide bonds. The van der Waals surface area contributed by atoms with Gasteiger partial charge in [-0.1, -0.05) is 31.4 Å². The molecular formula is C16H26ClNS. The van der Waals surface area contributed by atoms with Crippen molar-refractivity contribution < 1.29 is 0 Å². The fraction of sp³-hybridized carbons (Fsp3) is 0.750. The van der Waals surface area contributed by atoms with Crippen LogP contribution in [0.4, 0.5) is 0 Å². The molecule has 0 aromatic carbocycles. The summed E-state index contributed by atoms with van der Waals surface area (Å²) in [4.78, 5) is 1.38. The summed E-state index contributed by atoms with van der Waals surface area (Å²) in [5.41, 5.74) is 0.591. The van der Waals surface area contributed by atoms with Crippen LogP contribution in [0.1, 0.15) is 56.7 Å². The van der Waals surface area contributed by atoms with Crippen molar-refractivity contribution in [1.29, 1.82) is 0 Å². The minimum atomic E-state index is 0.591. The SMILES string of the molecule is CCCNCCC1(CCc2sccc2Cl)CCCC1. The average Bonchev–Trinajstić information content (AvgIpc) is 3.03. The van der Waals surface area contributed by atoms with Crippen molar-refractivity contribution in [2.45, 2.75) is 58.3 Å². The third-order valence-electron chi connectivity index (χ3n) is 4.50. The molecule has 1 aromatic heterocycles. The second-order valence-electron chi connectivity index (χ2n) is 5.90. The van der Waals surface area contributed by atoms with Crippen LogP contribution in [0, 0.1) is 5.41 Å². The highest BCUT2D eigenvalue weighted by atomic mass is 35.5. The topological polar surface area (TPSA) is 12.0 Å². The predicted molar refractivity (Wildman–Crippen MR) is 86.3 cm³/mol. The van der Waals surface area contributed by atoms with Gasteiger partial charge in [0.1, 0.15) is 0 Å². The van der Waals surface area contributed by atoms with Crippen molar-refractivity contribution in [1.82, 2.24) is 5.32 Å². The zero-order valence-electron chi connectivity index (χ0n) is 12.0. The van der Waals surface area contributed by atoms with Crippen LogP contribution >= 0.6 is 22.9 Å². The number of hydrogen-bond acceptors (Lipinski definition) is 2. The molecule has 0 spiro atoms. The zero-order valence-corrected chi connectivity index (χ0v) is 13.6. The Morgan fingerprint density at radius 3 is 2.68 bits per heavy atom. The maximum atomic E-state index is 6.21. The molecule has 2 rings (SSSR count). The highest BCUT2D eigenvalue weighted by Crippen LogP contribution is 2.45. The third kappa shape index (κ3) is 4.47. The Labute approximate surface area is 126 Å². The molecule has 1 saturated carbocycles. The number of nitrogens with one attached hydrogen (secondary N) is 1. The van der Waals surface area contributed by atoms with Crippen molar-refractivity contribution >= 4 is 22.9 Å². The molecule has 0 radical (unpaired) electrons. The molecule has 1 aliphatic carbocycles. The summed E-state index contributed by atoms with van der Waals surface area (Å²) >= 11 is 8.03. The van der Waals surface area contributed by atoms with Crippen LogP contribution in [-0.4, -0.2) is 13.1 Å². The highest BCUT2D eigenvalue weighted by molar-refractivity contribution is 7.10. The summed E-state index contributed by atoms with van der Waals surface area (Å²) in [5.74, 6) is 0. The molecule has 1 heterocycles. The van der Waals surface area contributed by atoms with Gasteiger partial charge in [-0.2, -0.15) is 0 Å². The van der Waals surface area contributed by atoms with E-state index in [4.69, 9.17) is 11.6 Å². The molecule has 0 unspecified atom stereocenters. The molecule has 1 nitrogen and oxygen atoms in total. The van der Waals surface area contributed by atoms with E-state index in [2.05, 4.69) is 17.6 Å². The van der Waals surface area contributed by atoms with Gasteiger partial charge in [0.25, 0.3) is 0 Å². The lowest BCUT2D eigenvalue weighted by Gasteiger charge is -2.29. The minimum absolute atomic E-state index is 0.591. The second-order valence-corrected chi connectivity index (χ2v) is 7.31. The van der Waals surface area contributed by atoms with Crippen molar-refractivity contribution in [3.63, 3.8) is 0 Å². The summed E-state index contributed by atoms with van der Waals surface area (Å²) in [6.45, 7) is 4.58. The van der Waals surface area contributed by atoms with Gasteiger partial charge in [0.2, 0.25) is 0 Å². The molecule has 19 heavy (non-hydrogen) atoms. The van der Waals surface area contributed by atoms with E-state index >= 15 is 0 Å². The molecule has 3 heteroatoms. The molecule has 108 valence electrons. The Balaban J connectivity index is 1.83. The fourth-order valence-corrected chi connectivity index (χ4v) is 4.42. The zero-order chi connectivity index (χ0) is 13.6. The van der Waals surface area contributed by atoms with Crippen molar-refractivity contribution in [2.75, 3.05) is 13.1 Å². The van der Waals surface area contributed by atoms with Crippen LogP contribution < -0.4 is 5.32 Å². The fourth-order valence-electron chi connectivity index (χ4n) is 3.29. The number of aryl methyl sites for hydroxylation is 1. The minimum Gasteiger partial charge on any atom is -0.317 e.